The van der Waals surface area contributed by atoms with Gasteiger partial charge in [0.25, 0.3) is 5.91 Å². The molecule has 3 rings (SSSR count). The highest BCUT2D eigenvalue weighted by Gasteiger charge is 2.18. The quantitative estimate of drug-likeness (QED) is 0.283. The zero-order valence-corrected chi connectivity index (χ0v) is 17.5. The molecule has 8 nitrogen and oxygen atoms in total. The number of aryl methyl sites for hydroxylation is 1. The maximum absolute atomic E-state index is 12.5. The number of aromatic nitrogens is 2. The number of aromatic hydroxyl groups is 1. The number of hydrogen-bond acceptors (Lipinski definition) is 8. The second-order valence-electron chi connectivity index (χ2n) is 5.48. The van der Waals surface area contributed by atoms with E-state index >= 15 is 0 Å². The number of phenolic OH excluding ortho intramolecular Hbond substituents is 1. The van der Waals surface area contributed by atoms with E-state index in [1.165, 1.54) is 23.9 Å². The van der Waals surface area contributed by atoms with Crippen molar-refractivity contribution in [2.45, 2.75) is 13.8 Å². The molecule has 0 spiro atoms. The zero-order chi connectivity index (χ0) is 19.6. The first-order valence-electron chi connectivity index (χ1n) is 7.90. The number of carbonyl (C=O) groups is 1. The van der Waals surface area contributed by atoms with Crippen LogP contribution in [-0.2, 0) is 0 Å². The molecule has 0 saturated carbocycles. The standard InChI is InChI=1S/C17H16IN5O3S/c1-3-26-11-5-9(4-10(18)13(11)24)6-22-23-16(25)14-8(2)12-15(19)20-7-21-17(12)27-14/h4-7,24H,3H2,1-2H3,(H,23,25)(H2,19,20,21)/b22-6-. The summed E-state index contributed by atoms with van der Waals surface area (Å²) < 4.78 is 6.01. The van der Waals surface area contributed by atoms with Crippen LogP contribution in [0.1, 0.15) is 27.7 Å². The van der Waals surface area contributed by atoms with Crippen molar-refractivity contribution >= 4 is 62.1 Å². The molecule has 0 atom stereocenters. The summed E-state index contributed by atoms with van der Waals surface area (Å²) in [6.07, 6.45) is 2.86. The summed E-state index contributed by atoms with van der Waals surface area (Å²) in [5, 5.41) is 14.7. The number of amides is 1. The molecule has 140 valence electrons. The third kappa shape index (κ3) is 3.95. The average molecular weight is 497 g/mol. The number of thiophene rings is 1. The minimum Gasteiger partial charge on any atom is -0.504 e. The monoisotopic (exact) mass is 497 g/mol. The zero-order valence-electron chi connectivity index (χ0n) is 14.5. The molecular weight excluding hydrogens is 481 g/mol. The van der Waals surface area contributed by atoms with Crippen molar-refractivity contribution < 1.29 is 14.6 Å². The number of ether oxygens (including phenoxy) is 1. The van der Waals surface area contributed by atoms with E-state index in [0.717, 1.165) is 5.56 Å². The number of rotatable bonds is 5. The van der Waals surface area contributed by atoms with Gasteiger partial charge in [-0.2, -0.15) is 5.10 Å². The number of hydrazone groups is 1. The first kappa shape index (κ1) is 19.3. The Kier molecular flexibility index (Phi) is 5.75. The van der Waals surface area contributed by atoms with Gasteiger partial charge < -0.3 is 15.6 Å². The van der Waals surface area contributed by atoms with Gasteiger partial charge in [0.1, 0.15) is 17.0 Å². The summed E-state index contributed by atoms with van der Waals surface area (Å²) in [4.78, 5) is 21.7. The second-order valence-corrected chi connectivity index (χ2v) is 7.64. The van der Waals surface area contributed by atoms with Gasteiger partial charge in [0.2, 0.25) is 0 Å². The van der Waals surface area contributed by atoms with Gasteiger partial charge in [-0.3, -0.25) is 4.79 Å². The minimum atomic E-state index is -0.357. The lowest BCUT2D eigenvalue weighted by molar-refractivity contribution is 0.0958. The molecule has 10 heteroatoms. The van der Waals surface area contributed by atoms with Crippen LogP contribution in [0.3, 0.4) is 0 Å². The van der Waals surface area contributed by atoms with Crippen LogP contribution >= 0.6 is 33.9 Å². The molecule has 2 heterocycles. The molecule has 0 aliphatic carbocycles. The third-order valence-electron chi connectivity index (χ3n) is 3.69. The lowest BCUT2D eigenvalue weighted by Gasteiger charge is -2.08. The number of benzene rings is 1. The Morgan fingerprint density at radius 2 is 2.26 bits per heavy atom. The SMILES string of the molecule is CCOc1cc(/C=N\NC(=O)c2sc3ncnc(N)c3c2C)cc(I)c1O. The Morgan fingerprint density at radius 3 is 2.96 bits per heavy atom. The average Bonchev–Trinajstić information content (AvgIpc) is 2.97. The van der Waals surface area contributed by atoms with Crippen LogP contribution in [0.2, 0.25) is 0 Å². The van der Waals surface area contributed by atoms with Gasteiger partial charge >= 0.3 is 0 Å². The number of nitrogens with two attached hydrogens (primary N) is 1. The van der Waals surface area contributed by atoms with Crippen LogP contribution in [-0.4, -0.2) is 33.8 Å². The molecule has 0 saturated heterocycles. The predicted octanol–water partition coefficient (Wildman–Crippen LogP) is 3.05. The van der Waals surface area contributed by atoms with E-state index in [0.29, 0.717) is 42.4 Å². The molecule has 27 heavy (non-hydrogen) atoms. The second kappa shape index (κ2) is 8.05. The van der Waals surface area contributed by atoms with Gasteiger partial charge in [0.05, 0.1) is 26.7 Å². The molecular formula is C17H16IN5O3S. The van der Waals surface area contributed by atoms with E-state index in [1.807, 2.05) is 29.5 Å². The maximum Gasteiger partial charge on any atom is 0.281 e. The van der Waals surface area contributed by atoms with E-state index in [2.05, 4.69) is 20.5 Å². The number of hydrogen-bond donors (Lipinski definition) is 3. The topological polar surface area (TPSA) is 123 Å². The van der Waals surface area contributed by atoms with E-state index in [1.54, 1.807) is 19.1 Å². The number of anilines is 1. The number of nitrogen functional groups attached to an aromatic ring is 1. The Bertz CT molecular complexity index is 1050. The first-order valence-corrected chi connectivity index (χ1v) is 9.80. The minimum absolute atomic E-state index is 0.0817. The first-order chi connectivity index (χ1) is 12.9. The van der Waals surface area contributed by atoms with Gasteiger partial charge in [-0.1, -0.05) is 0 Å². The number of halogens is 1. The highest BCUT2D eigenvalue weighted by Crippen LogP contribution is 2.33. The van der Waals surface area contributed by atoms with Crippen molar-refractivity contribution in [2.75, 3.05) is 12.3 Å². The molecule has 1 aromatic carbocycles. The van der Waals surface area contributed by atoms with E-state index in [-0.39, 0.29) is 11.7 Å². The summed E-state index contributed by atoms with van der Waals surface area (Å²) >= 11 is 3.24. The smallest absolute Gasteiger partial charge is 0.281 e. The summed E-state index contributed by atoms with van der Waals surface area (Å²) in [6, 6.07) is 3.38. The van der Waals surface area contributed by atoms with Crippen LogP contribution in [0.15, 0.2) is 23.6 Å². The summed E-state index contributed by atoms with van der Waals surface area (Å²) in [5.41, 5.74) is 9.78. The van der Waals surface area contributed by atoms with Crippen molar-refractivity contribution in [3.63, 3.8) is 0 Å². The lowest BCUT2D eigenvalue weighted by Crippen LogP contribution is -2.17. The van der Waals surface area contributed by atoms with Crippen molar-refractivity contribution in [3.05, 3.63) is 38.0 Å². The highest BCUT2D eigenvalue weighted by atomic mass is 127. The van der Waals surface area contributed by atoms with E-state index in [4.69, 9.17) is 10.5 Å². The largest absolute Gasteiger partial charge is 0.504 e. The molecule has 3 aromatic rings. The number of nitrogens with one attached hydrogen (secondary N) is 1. The van der Waals surface area contributed by atoms with Gasteiger partial charge in [0, 0.05) is 0 Å². The van der Waals surface area contributed by atoms with Crippen LogP contribution in [0.4, 0.5) is 5.82 Å². The fraction of sp³-hybridized carbons (Fsp3) is 0.176. The fourth-order valence-electron chi connectivity index (χ4n) is 2.47. The summed E-state index contributed by atoms with van der Waals surface area (Å²) in [6.45, 7) is 4.06. The molecule has 2 aromatic heterocycles. The van der Waals surface area contributed by atoms with Crippen LogP contribution in [0.5, 0.6) is 11.5 Å². The molecule has 4 N–H and O–H groups in total. The Labute approximate surface area is 172 Å². The lowest BCUT2D eigenvalue weighted by atomic mass is 10.2. The van der Waals surface area contributed by atoms with Crippen LogP contribution in [0, 0.1) is 10.5 Å². The molecule has 0 aliphatic heterocycles. The fourth-order valence-corrected chi connectivity index (χ4v) is 4.14. The normalized spacial score (nSPS) is 11.2. The summed E-state index contributed by atoms with van der Waals surface area (Å²) in [5.74, 6) is 0.438. The van der Waals surface area contributed by atoms with Crippen molar-refractivity contribution in [2.24, 2.45) is 5.10 Å². The van der Waals surface area contributed by atoms with E-state index < -0.39 is 0 Å². The summed E-state index contributed by atoms with van der Waals surface area (Å²) in [7, 11) is 0. The van der Waals surface area contributed by atoms with Gasteiger partial charge in [0.15, 0.2) is 11.5 Å². The number of nitrogens with zero attached hydrogens (tertiary/aromatic N) is 3. The molecule has 0 fully saturated rings. The van der Waals surface area contributed by atoms with Crippen molar-refractivity contribution in [1.82, 2.24) is 15.4 Å². The van der Waals surface area contributed by atoms with Crippen molar-refractivity contribution in [3.8, 4) is 11.5 Å². The molecule has 0 bridgehead atoms. The van der Waals surface area contributed by atoms with E-state index in [9.17, 15) is 9.90 Å². The van der Waals surface area contributed by atoms with Crippen molar-refractivity contribution in [1.29, 1.82) is 0 Å². The Balaban J connectivity index is 1.80. The van der Waals surface area contributed by atoms with Crippen LogP contribution in [0.25, 0.3) is 10.2 Å². The Morgan fingerprint density at radius 1 is 1.48 bits per heavy atom. The number of carbonyl (C=O) groups excluding carboxylic acids is 1. The maximum atomic E-state index is 12.5. The van der Waals surface area contributed by atoms with Gasteiger partial charge in [-0.25, -0.2) is 15.4 Å². The molecule has 0 radical (unpaired) electrons. The molecule has 0 unspecified atom stereocenters. The Hall–Kier alpha value is -2.47. The number of fused-ring (bicyclic) bond motifs is 1. The van der Waals surface area contributed by atoms with Gasteiger partial charge in [-0.05, 0) is 59.7 Å². The highest BCUT2D eigenvalue weighted by molar-refractivity contribution is 14.1. The number of phenols is 1. The van der Waals surface area contributed by atoms with Crippen LogP contribution < -0.4 is 15.9 Å². The van der Waals surface area contributed by atoms with Gasteiger partial charge in [-0.15, -0.1) is 11.3 Å². The third-order valence-corrected chi connectivity index (χ3v) is 5.71. The molecule has 0 aliphatic rings. The predicted molar refractivity (Wildman–Crippen MR) is 114 cm³/mol. The molecule has 1 amide bonds.